The quantitative estimate of drug-likeness (QED) is 0.706. The second kappa shape index (κ2) is 4.91. The maximum absolute atomic E-state index is 9.14. The summed E-state index contributed by atoms with van der Waals surface area (Å²) in [5.41, 5.74) is 3.35. The Morgan fingerprint density at radius 2 is 1.60 bits per heavy atom. The van der Waals surface area contributed by atoms with E-state index in [1.165, 1.54) is 0 Å². The number of rotatable bonds is 2. The average Bonchev–Trinajstić information content (AvgIpc) is 2.91. The van der Waals surface area contributed by atoms with Crippen LogP contribution >= 0.6 is 0 Å². The molecule has 3 heteroatoms. The van der Waals surface area contributed by atoms with Crippen molar-refractivity contribution in [3.8, 4) is 12.1 Å². The monoisotopic (exact) mass is 257 g/mol. The summed E-state index contributed by atoms with van der Waals surface area (Å²) in [6.07, 6.45) is 1.96. The molecule has 1 heterocycles. The maximum atomic E-state index is 9.14. The molecule has 0 aliphatic carbocycles. The van der Waals surface area contributed by atoms with Gasteiger partial charge >= 0.3 is 0 Å². The lowest BCUT2D eigenvalue weighted by Crippen LogP contribution is -2.00. The van der Waals surface area contributed by atoms with Crippen molar-refractivity contribution in [2.24, 2.45) is 0 Å². The molecular formula is C17H11N3. The van der Waals surface area contributed by atoms with E-state index in [9.17, 15) is 0 Å². The molecule has 0 atom stereocenters. The number of nitriles is 2. The van der Waals surface area contributed by atoms with Crippen LogP contribution in [-0.2, 0) is 6.54 Å². The highest BCUT2D eigenvalue weighted by molar-refractivity contribution is 5.86. The zero-order valence-corrected chi connectivity index (χ0v) is 10.7. The lowest BCUT2D eigenvalue weighted by Gasteiger charge is -2.07. The molecule has 0 unspecified atom stereocenters. The molecule has 0 saturated heterocycles. The molecule has 2 aromatic carbocycles. The lowest BCUT2D eigenvalue weighted by molar-refractivity contribution is 0.834. The summed E-state index contributed by atoms with van der Waals surface area (Å²) in [5, 5.41) is 19.2. The molecule has 0 radical (unpaired) electrons. The van der Waals surface area contributed by atoms with Crippen LogP contribution < -0.4 is 0 Å². The summed E-state index contributed by atoms with van der Waals surface area (Å²) in [6, 6.07) is 19.6. The van der Waals surface area contributed by atoms with E-state index < -0.39 is 0 Å². The van der Waals surface area contributed by atoms with E-state index in [2.05, 4.69) is 16.7 Å². The number of aromatic nitrogens is 1. The first kappa shape index (κ1) is 12.0. The van der Waals surface area contributed by atoms with Gasteiger partial charge in [0.15, 0.2) is 0 Å². The predicted molar refractivity (Wildman–Crippen MR) is 76.9 cm³/mol. The van der Waals surface area contributed by atoms with Gasteiger partial charge in [-0.05, 0) is 29.8 Å². The highest BCUT2D eigenvalue weighted by Crippen LogP contribution is 2.21. The molecule has 0 N–H and O–H groups in total. The Kier molecular flexibility index (Phi) is 2.95. The summed E-state index contributed by atoms with van der Waals surface area (Å²) < 4.78 is 2.06. The second-order valence-corrected chi connectivity index (χ2v) is 4.56. The fraction of sp³-hybridized carbons (Fsp3) is 0.0588. The van der Waals surface area contributed by atoms with Gasteiger partial charge in [0.2, 0.25) is 0 Å². The SMILES string of the molecule is N#Cc1ccccc1Cn1ccc2c(C#N)cccc21. The first-order valence-corrected chi connectivity index (χ1v) is 6.29. The Morgan fingerprint density at radius 3 is 2.40 bits per heavy atom. The van der Waals surface area contributed by atoms with Crippen LogP contribution in [0.3, 0.4) is 0 Å². The largest absolute Gasteiger partial charge is 0.343 e. The van der Waals surface area contributed by atoms with Crippen LogP contribution in [0.2, 0.25) is 0 Å². The number of fused-ring (bicyclic) bond motifs is 1. The molecule has 3 rings (SSSR count). The molecule has 3 aromatic rings. The highest BCUT2D eigenvalue weighted by Gasteiger charge is 2.07. The van der Waals surface area contributed by atoms with Crippen molar-refractivity contribution in [3.63, 3.8) is 0 Å². The van der Waals surface area contributed by atoms with Crippen LogP contribution in [0.4, 0.5) is 0 Å². The van der Waals surface area contributed by atoms with Crippen molar-refractivity contribution in [1.82, 2.24) is 4.57 Å². The van der Waals surface area contributed by atoms with Crippen molar-refractivity contribution in [3.05, 3.63) is 71.4 Å². The molecule has 0 fully saturated rings. The molecule has 0 saturated carbocycles. The van der Waals surface area contributed by atoms with E-state index in [-0.39, 0.29) is 0 Å². The third-order valence-corrected chi connectivity index (χ3v) is 3.41. The van der Waals surface area contributed by atoms with Gasteiger partial charge < -0.3 is 4.57 Å². The van der Waals surface area contributed by atoms with E-state index in [0.717, 1.165) is 16.5 Å². The van der Waals surface area contributed by atoms with E-state index in [1.807, 2.05) is 54.7 Å². The Balaban J connectivity index is 2.09. The van der Waals surface area contributed by atoms with Crippen molar-refractivity contribution in [2.45, 2.75) is 6.54 Å². The van der Waals surface area contributed by atoms with Crippen LogP contribution in [0, 0.1) is 22.7 Å². The standard InChI is InChI=1S/C17H11N3/c18-10-13-4-1-2-5-15(13)12-20-9-8-16-14(11-19)6-3-7-17(16)20/h1-9H,12H2. The minimum atomic E-state index is 0.627. The van der Waals surface area contributed by atoms with Gasteiger partial charge in [0.05, 0.1) is 23.3 Å². The zero-order chi connectivity index (χ0) is 13.9. The highest BCUT2D eigenvalue weighted by atomic mass is 14.9. The predicted octanol–water partition coefficient (Wildman–Crippen LogP) is 3.43. The molecule has 0 spiro atoms. The molecular weight excluding hydrogens is 246 g/mol. The van der Waals surface area contributed by atoms with Crippen molar-refractivity contribution < 1.29 is 0 Å². The van der Waals surface area contributed by atoms with Crippen molar-refractivity contribution in [1.29, 1.82) is 10.5 Å². The van der Waals surface area contributed by atoms with Crippen LogP contribution in [0.1, 0.15) is 16.7 Å². The lowest BCUT2D eigenvalue weighted by atomic mass is 10.1. The number of hydrogen-bond donors (Lipinski definition) is 0. The maximum Gasteiger partial charge on any atom is 0.0998 e. The smallest absolute Gasteiger partial charge is 0.0998 e. The van der Waals surface area contributed by atoms with Gasteiger partial charge in [-0.15, -0.1) is 0 Å². The fourth-order valence-electron chi connectivity index (χ4n) is 2.41. The van der Waals surface area contributed by atoms with Gasteiger partial charge in [-0.2, -0.15) is 10.5 Å². The minimum Gasteiger partial charge on any atom is -0.343 e. The minimum absolute atomic E-state index is 0.627. The third-order valence-electron chi connectivity index (χ3n) is 3.41. The fourth-order valence-corrected chi connectivity index (χ4v) is 2.41. The van der Waals surface area contributed by atoms with Crippen LogP contribution in [0.5, 0.6) is 0 Å². The molecule has 0 aliphatic heterocycles. The van der Waals surface area contributed by atoms with E-state index in [4.69, 9.17) is 10.5 Å². The summed E-state index contributed by atoms with van der Waals surface area (Å²) in [4.78, 5) is 0. The number of hydrogen-bond acceptors (Lipinski definition) is 2. The van der Waals surface area contributed by atoms with Gasteiger partial charge in [-0.25, -0.2) is 0 Å². The summed E-state index contributed by atoms with van der Waals surface area (Å²) in [5.74, 6) is 0. The Bertz CT molecular complexity index is 860. The van der Waals surface area contributed by atoms with Crippen LogP contribution in [-0.4, -0.2) is 4.57 Å². The third kappa shape index (κ3) is 1.92. The molecule has 0 amide bonds. The molecule has 0 aliphatic rings. The van der Waals surface area contributed by atoms with Crippen molar-refractivity contribution in [2.75, 3.05) is 0 Å². The molecule has 1 aromatic heterocycles. The van der Waals surface area contributed by atoms with E-state index in [1.54, 1.807) is 0 Å². The Hall–Kier alpha value is -3.04. The Morgan fingerprint density at radius 1 is 0.850 bits per heavy atom. The van der Waals surface area contributed by atoms with Gasteiger partial charge in [-0.3, -0.25) is 0 Å². The summed E-state index contributed by atoms with van der Waals surface area (Å²) in [7, 11) is 0. The van der Waals surface area contributed by atoms with Gasteiger partial charge in [0.25, 0.3) is 0 Å². The second-order valence-electron chi connectivity index (χ2n) is 4.56. The van der Waals surface area contributed by atoms with Crippen LogP contribution in [0.15, 0.2) is 54.7 Å². The molecule has 0 bridgehead atoms. The average molecular weight is 257 g/mol. The van der Waals surface area contributed by atoms with Gasteiger partial charge in [-0.1, -0.05) is 24.3 Å². The van der Waals surface area contributed by atoms with Gasteiger partial charge in [0.1, 0.15) is 0 Å². The van der Waals surface area contributed by atoms with E-state index >= 15 is 0 Å². The Labute approximate surface area is 116 Å². The number of benzene rings is 2. The van der Waals surface area contributed by atoms with Crippen LogP contribution in [0.25, 0.3) is 10.9 Å². The van der Waals surface area contributed by atoms with E-state index in [0.29, 0.717) is 17.7 Å². The summed E-state index contributed by atoms with van der Waals surface area (Å²) >= 11 is 0. The summed E-state index contributed by atoms with van der Waals surface area (Å²) in [6.45, 7) is 0.627. The number of nitrogens with zero attached hydrogens (tertiary/aromatic N) is 3. The first-order chi connectivity index (χ1) is 9.83. The molecule has 94 valence electrons. The zero-order valence-electron chi connectivity index (χ0n) is 10.7. The van der Waals surface area contributed by atoms with Gasteiger partial charge in [0, 0.05) is 23.6 Å². The first-order valence-electron chi connectivity index (χ1n) is 6.29. The molecule has 3 nitrogen and oxygen atoms in total. The normalized spacial score (nSPS) is 10.1. The van der Waals surface area contributed by atoms with Crippen molar-refractivity contribution >= 4 is 10.9 Å². The topological polar surface area (TPSA) is 52.5 Å². The molecule has 20 heavy (non-hydrogen) atoms.